The van der Waals surface area contributed by atoms with Crippen LogP contribution in [0, 0.1) is 25.1 Å². The first-order valence-electron chi connectivity index (χ1n) is 9.17. The van der Waals surface area contributed by atoms with Gasteiger partial charge in [-0.2, -0.15) is 4.39 Å². The van der Waals surface area contributed by atoms with Gasteiger partial charge < -0.3 is 10.3 Å². The highest BCUT2D eigenvalue weighted by Gasteiger charge is 2.20. The number of nitrogens with one attached hydrogen (secondary N) is 1. The molecular formula is C22H27F2N3. The van der Waals surface area contributed by atoms with Crippen molar-refractivity contribution in [3.63, 3.8) is 0 Å². The molecule has 3 aromatic rings. The maximum atomic E-state index is 13.7. The molecule has 144 valence electrons. The second-order valence-electron chi connectivity index (χ2n) is 6.70. The second kappa shape index (κ2) is 7.91. The van der Waals surface area contributed by atoms with Crippen molar-refractivity contribution in [2.75, 3.05) is 5.73 Å². The molecule has 0 amide bonds. The summed E-state index contributed by atoms with van der Waals surface area (Å²) in [4.78, 5) is 0. The van der Waals surface area contributed by atoms with Gasteiger partial charge in [0.25, 0.3) is 0 Å². The molecule has 0 bridgehead atoms. The Balaban J connectivity index is 0.00000126. The predicted molar refractivity (Wildman–Crippen MR) is 110 cm³/mol. The first-order chi connectivity index (χ1) is 12.7. The van der Waals surface area contributed by atoms with E-state index in [0.29, 0.717) is 5.56 Å². The van der Waals surface area contributed by atoms with E-state index in [4.69, 9.17) is 11.1 Å². The fourth-order valence-corrected chi connectivity index (χ4v) is 3.45. The average molecular weight is 371 g/mol. The van der Waals surface area contributed by atoms with Crippen LogP contribution >= 0.6 is 0 Å². The van der Waals surface area contributed by atoms with E-state index in [-0.39, 0.29) is 23.0 Å². The minimum absolute atomic E-state index is 0.0698. The van der Waals surface area contributed by atoms with Crippen LogP contribution in [0.2, 0.25) is 0 Å². The van der Waals surface area contributed by atoms with Crippen molar-refractivity contribution >= 4 is 22.6 Å². The van der Waals surface area contributed by atoms with Crippen LogP contribution in [-0.4, -0.2) is 10.5 Å². The largest absolute Gasteiger partial charge is 0.398 e. The van der Waals surface area contributed by atoms with Gasteiger partial charge in [-0.1, -0.05) is 27.7 Å². The zero-order valence-electron chi connectivity index (χ0n) is 16.7. The lowest BCUT2D eigenvalue weighted by Gasteiger charge is -2.15. The van der Waals surface area contributed by atoms with Gasteiger partial charge in [0.05, 0.1) is 11.1 Å². The lowest BCUT2D eigenvalue weighted by molar-refractivity contribution is 0.618. The third-order valence-electron chi connectivity index (χ3n) is 4.62. The van der Waals surface area contributed by atoms with Gasteiger partial charge in [-0.15, -0.1) is 0 Å². The van der Waals surface area contributed by atoms with Crippen molar-refractivity contribution in [2.45, 2.75) is 47.5 Å². The number of aryl methyl sites for hydroxylation is 2. The smallest absolute Gasteiger partial charge is 0.214 e. The van der Waals surface area contributed by atoms with E-state index in [2.05, 4.69) is 13.8 Å². The third kappa shape index (κ3) is 3.59. The van der Waals surface area contributed by atoms with Gasteiger partial charge in [0.15, 0.2) is 0 Å². The summed E-state index contributed by atoms with van der Waals surface area (Å²) in [7, 11) is 0. The Morgan fingerprint density at radius 2 is 1.74 bits per heavy atom. The van der Waals surface area contributed by atoms with Crippen LogP contribution in [0.25, 0.3) is 16.6 Å². The highest BCUT2D eigenvalue weighted by atomic mass is 19.1. The molecule has 2 aromatic carbocycles. The number of benzene rings is 2. The van der Waals surface area contributed by atoms with Crippen LogP contribution < -0.4 is 5.73 Å². The molecule has 0 fully saturated rings. The van der Waals surface area contributed by atoms with Crippen LogP contribution in [0.1, 0.15) is 56.0 Å². The van der Waals surface area contributed by atoms with Gasteiger partial charge in [-0.3, -0.25) is 5.41 Å². The van der Waals surface area contributed by atoms with Crippen LogP contribution in [0.4, 0.5) is 14.5 Å². The summed E-state index contributed by atoms with van der Waals surface area (Å²) in [6, 6.07) is 8.24. The molecule has 0 unspecified atom stereocenters. The Labute approximate surface area is 159 Å². The molecule has 0 aliphatic heterocycles. The fourth-order valence-electron chi connectivity index (χ4n) is 3.45. The van der Waals surface area contributed by atoms with E-state index in [1.807, 2.05) is 25.3 Å². The number of nitrogen functional groups attached to an aromatic ring is 1. The molecule has 27 heavy (non-hydrogen) atoms. The molecule has 3 N–H and O–H groups in total. The first kappa shape index (κ1) is 20.6. The topological polar surface area (TPSA) is 54.8 Å². The van der Waals surface area contributed by atoms with E-state index < -0.39 is 5.97 Å². The van der Waals surface area contributed by atoms with Crippen LogP contribution in [0.5, 0.6) is 0 Å². The Bertz CT molecular complexity index is 1000. The molecule has 0 saturated heterocycles. The highest BCUT2D eigenvalue weighted by molar-refractivity contribution is 6.02. The molecule has 0 saturated carbocycles. The number of nitrogens with zero attached hydrogens (tertiary/aromatic N) is 1. The number of fused-ring (bicyclic) bond motifs is 1. The zero-order chi connectivity index (χ0) is 20.5. The lowest BCUT2D eigenvalue weighted by atomic mass is 10.0. The van der Waals surface area contributed by atoms with Crippen molar-refractivity contribution in [3.8, 4) is 5.69 Å². The Morgan fingerprint density at radius 3 is 2.26 bits per heavy atom. The van der Waals surface area contributed by atoms with Crippen LogP contribution in [0.3, 0.4) is 0 Å². The molecule has 0 aliphatic rings. The standard InChI is InChI=1S/C20H21F2N3.C2H6/c1-10(2)19-12(4)14-8-17(23)15(20(22)24)9-18(14)25(19)13-5-6-16(21)11(3)7-13;1-2/h5-10,24H,23H2,1-4H3;1-2H3. The summed E-state index contributed by atoms with van der Waals surface area (Å²) >= 11 is 0. The molecular weight excluding hydrogens is 344 g/mol. The number of hydrogen-bond donors (Lipinski definition) is 2. The summed E-state index contributed by atoms with van der Waals surface area (Å²) in [6.45, 7) is 11.9. The van der Waals surface area contributed by atoms with E-state index in [1.54, 1.807) is 31.2 Å². The number of aromatic nitrogens is 1. The molecule has 0 spiro atoms. The van der Waals surface area contributed by atoms with Crippen molar-refractivity contribution in [2.24, 2.45) is 0 Å². The fraction of sp³-hybridized carbons (Fsp3) is 0.318. The number of anilines is 1. The Hall–Kier alpha value is -2.69. The Morgan fingerprint density at radius 1 is 1.11 bits per heavy atom. The molecule has 1 heterocycles. The second-order valence-corrected chi connectivity index (χ2v) is 6.70. The minimum atomic E-state index is -1.06. The van der Waals surface area contributed by atoms with Crippen LogP contribution in [-0.2, 0) is 0 Å². The maximum absolute atomic E-state index is 13.7. The van der Waals surface area contributed by atoms with Crippen molar-refractivity contribution in [1.29, 1.82) is 5.41 Å². The number of rotatable bonds is 3. The van der Waals surface area contributed by atoms with Crippen molar-refractivity contribution < 1.29 is 8.78 Å². The van der Waals surface area contributed by atoms with E-state index in [0.717, 1.165) is 27.8 Å². The van der Waals surface area contributed by atoms with E-state index in [1.165, 1.54) is 6.07 Å². The first-order valence-corrected chi connectivity index (χ1v) is 9.17. The van der Waals surface area contributed by atoms with Gasteiger partial charge in [0, 0.05) is 22.5 Å². The van der Waals surface area contributed by atoms with Crippen molar-refractivity contribution in [1.82, 2.24) is 4.57 Å². The van der Waals surface area contributed by atoms with Gasteiger partial charge in [-0.25, -0.2) is 4.39 Å². The lowest BCUT2D eigenvalue weighted by Crippen LogP contribution is -2.04. The van der Waals surface area contributed by atoms with Gasteiger partial charge in [0.2, 0.25) is 5.97 Å². The van der Waals surface area contributed by atoms with E-state index >= 15 is 0 Å². The SMILES string of the molecule is CC.Cc1cc(-n2c(C(C)C)c(C)c3cc(N)c(C(=N)F)cc32)ccc1F. The summed E-state index contributed by atoms with van der Waals surface area (Å²) in [6.07, 6.45) is 0. The van der Waals surface area contributed by atoms with E-state index in [9.17, 15) is 8.78 Å². The van der Waals surface area contributed by atoms with Gasteiger partial charge >= 0.3 is 0 Å². The maximum Gasteiger partial charge on any atom is 0.214 e. The molecule has 0 atom stereocenters. The number of halogens is 2. The normalized spacial score (nSPS) is 10.9. The quantitative estimate of drug-likeness (QED) is 0.405. The summed E-state index contributed by atoms with van der Waals surface area (Å²) in [5.41, 5.74) is 10.5. The number of hydrogen-bond acceptors (Lipinski definition) is 2. The van der Waals surface area contributed by atoms with Gasteiger partial charge in [0.1, 0.15) is 5.82 Å². The highest BCUT2D eigenvalue weighted by Crippen LogP contribution is 2.36. The summed E-state index contributed by atoms with van der Waals surface area (Å²) in [5.74, 6) is -1.13. The molecule has 3 rings (SSSR count). The minimum Gasteiger partial charge on any atom is -0.398 e. The zero-order valence-corrected chi connectivity index (χ0v) is 16.7. The van der Waals surface area contributed by atoms with Crippen LogP contribution in [0.15, 0.2) is 30.3 Å². The molecule has 1 aromatic heterocycles. The molecule has 5 heteroatoms. The summed E-state index contributed by atoms with van der Waals surface area (Å²) < 4.78 is 29.3. The number of nitrogens with two attached hydrogens (primary N) is 1. The summed E-state index contributed by atoms with van der Waals surface area (Å²) in [5, 5.41) is 8.24. The predicted octanol–water partition coefficient (Wildman–Crippen LogP) is 6.41. The van der Waals surface area contributed by atoms with Crippen molar-refractivity contribution in [3.05, 3.63) is 58.5 Å². The Kier molecular flexibility index (Phi) is 6.04. The molecule has 0 aliphatic carbocycles. The monoisotopic (exact) mass is 371 g/mol. The molecule has 3 nitrogen and oxygen atoms in total. The third-order valence-corrected chi connectivity index (χ3v) is 4.62. The average Bonchev–Trinajstić information content (AvgIpc) is 2.90. The van der Waals surface area contributed by atoms with Gasteiger partial charge in [-0.05, 0) is 61.2 Å². The molecule has 0 radical (unpaired) electrons.